The van der Waals surface area contributed by atoms with Crippen LogP contribution in [0.3, 0.4) is 0 Å². The summed E-state index contributed by atoms with van der Waals surface area (Å²) in [6.07, 6.45) is 3.10. The van der Waals surface area contributed by atoms with Gasteiger partial charge in [-0.2, -0.15) is 0 Å². The lowest BCUT2D eigenvalue weighted by atomic mass is 10.1. The molecular formula is C15H24N2O3S. The van der Waals surface area contributed by atoms with E-state index in [-0.39, 0.29) is 6.04 Å². The number of benzene rings is 1. The number of hydrogen-bond donors (Lipinski definition) is 2. The third kappa shape index (κ3) is 4.43. The first-order valence-corrected chi connectivity index (χ1v) is 8.91. The Morgan fingerprint density at radius 2 is 1.95 bits per heavy atom. The molecule has 0 aromatic heterocycles. The monoisotopic (exact) mass is 312 g/mol. The largest absolute Gasteiger partial charge is 0.492 e. The van der Waals surface area contributed by atoms with Crippen molar-refractivity contribution in [1.29, 1.82) is 0 Å². The van der Waals surface area contributed by atoms with Gasteiger partial charge in [-0.15, -0.1) is 0 Å². The standard InChI is InChI=1S/C15H24N2O3S/c1-12-4-3-5-15(12)17-21(18,19)14-8-6-13(7-9-14)20-11-10-16-2/h6-9,12,15-17H,3-5,10-11H2,1-2H3. The Hall–Kier alpha value is -1.11. The van der Waals surface area contributed by atoms with Crippen molar-refractivity contribution < 1.29 is 13.2 Å². The minimum atomic E-state index is -3.44. The lowest BCUT2D eigenvalue weighted by Gasteiger charge is -2.17. The highest BCUT2D eigenvalue weighted by Crippen LogP contribution is 2.26. The maximum Gasteiger partial charge on any atom is 0.240 e. The molecule has 2 N–H and O–H groups in total. The highest BCUT2D eigenvalue weighted by Gasteiger charge is 2.28. The van der Waals surface area contributed by atoms with Crippen LogP contribution < -0.4 is 14.8 Å². The van der Waals surface area contributed by atoms with E-state index >= 15 is 0 Å². The van der Waals surface area contributed by atoms with E-state index < -0.39 is 10.0 Å². The molecule has 5 nitrogen and oxygen atoms in total. The van der Waals surface area contributed by atoms with Gasteiger partial charge in [0.1, 0.15) is 12.4 Å². The van der Waals surface area contributed by atoms with Gasteiger partial charge in [0.25, 0.3) is 0 Å². The molecule has 1 fully saturated rings. The second-order valence-corrected chi connectivity index (χ2v) is 7.27. The smallest absolute Gasteiger partial charge is 0.240 e. The topological polar surface area (TPSA) is 67.4 Å². The van der Waals surface area contributed by atoms with E-state index in [2.05, 4.69) is 17.0 Å². The lowest BCUT2D eigenvalue weighted by molar-refractivity contribution is 0.318. The van der Waals surface area contributed by atoms with E-state index in [4.69, 9.17) is 4.74 Å². The first-order chi connectivity index (χ1) is 10.0. The molecule has 1 saturated carbocycles. The molecule has 0 radical (unpaired) electrons. The molecule has 2 atom stereocenters. The van der Waals surface area contributed by atoms with Crippen molar-refractivity contribution >= 4 is 10.0 Å². The van der Waals surface area contributed by atoms with Gasteiger partial charge in [-0.3, -0.25) is 0 Å². The van der Waals surface area contributed by atoms with Gasteiger partial charge in [-0.1, -0.05) is 13.3 Å². The van der Waals surface area contributed by atoms with Crippen LogP contribution in [0.4, 0.5) is 0 Å². The summed E-state index contributed by atoms with van der Waals surface area (Å²) in [5.74, 6) is 1.09. The van der Waals surface area contributed by atoms with Crippen LogP contribution in [0.25, 0.3) is 0 Å². The van der Waals surface area contributed by atoms with Crippen LogP contribution in [0.2, 0.25) is 0 Å². The Balaban J connectivity index is 1.99. The first-order valence-electron chi connectivity index (χ1n) is 7.43. The summed E-state index contributed by atoms with van der Waals surface area (Å²) in [4.78, 5) is 0.294. The second-order valence-electron chi connectivity index (χ2n) is 5.56. The van der Waals surface area contributed by atoms with Gasteiger partial charge in [-0.25, -0.2) is 13.1 Å². The van der Waals surface area contributed by atoms with Crippen molar-refractivity contribution in [2.24, 2.45) is 5.92 Å². The minimum Gasteiger partial charge on any atom is -0.492 e. The average molecular weight is 312 g/mol. The van der Waals surface area contributed by atoms with Crippen molar-refractivity contribution in [3.63, 3.8) is 0 Å². The molecule has 1 aliphatic rings. The highest BCUT2D eigenvalue weighted by molar-refractivity contribution is 7.89. The van der Waals surface area contributed by atoms with Crippen LogP contribution >= 0.6 is 0 Å². The molecule has 0 spiro atoms. The van der Waals surface area contributed by atoms with Gasteiger partial charge in [0.2, 0.25) is 10.0 Å². The fourth-order valence-electron chi connectivity index (χ4n) is 2.57. The van der Waals surface area contributed by atoms with Crippen LogP contribution in [0.15, 0.2) is 29.2 Å². The molecule has 118 valence electrons. The fraction of sp³-hybridized carbons (Fsp3) is 0.600. The molecule has 2 rings (SSSR count). The molecule has 0 bridgehead atoms. The summed E-state index contributed by atoms with van der Waals surface area (Å²) in [6.45, 7) is 3.40. The number of likely N-dealkylation sites (N-methyl/N-ethyl adjacent to an activating group) is 1. The normalized spacial score (nSPS) is 22.4. The summed E-state index contributed by atoms with van der Waals surface area (Å²) >= 11 is 0. The zero-order valence-electron chi connectivity index (χ0n) is 12.6. The molecule has 0 aliphatic heterocycles. The third-order valence-electron chi connectivity index (χ3n) is 3.92. The van der Waals surface area contributed by atoms with Crippen molar-refractivity contribution in [3.05, 3.63) is 24.3 Å². The van der Waals surface area contributed by atoms with Gasteiger partial charge in [0.05, 0.1) is 4.90 Å². The van der Waals surface area contributed by atoms with E-state index in [0.717, 1.165) is 25.8 Å². The Kier molecular flexibility index (Phi) is 5.61. The minimum absolute atomic E-state index is 0.0570. The molecule has 6 heteroatoms. The van der Waals surface area contributed by atoms with Gasteiger partial charge in [0.15, 0.2) is 0 Å². The van der Waals surface area contributed by atoms with Gasteiger partial charge in [-0.05, 0) is 50.1 Å². The molecule has 1 aliphatic carbocycles. The van der Waals surface area contributed by atoms with Crippen molar-refractivity contribution in [2.45, 2.75) is 37.1 Å². The summed E-state index contributed by atoms with van der Waals surface area (Å²) in [5, 5.41) is 2.99. The van der Waals surface area contributed by atoms with Crippen LogP contribution in [0.5, 0.6) is 5.75 Å². The number of hydrogen-bond acceptors (Lipinski definition) is 4. The molecule has 1 aromatic rings. The van der Waals surface area contributed by atoms with Crippen LogP contribution in [0, 0.1) is 5.92 Å². The summed E-state index contributed by atoms with van der Waals surface area (Å²) in [6, 6.07) is 6.64. The zero-order valence-corrected chi connectivity index (χ0v) is 13.4. The quantitative estimate of drug-likeness (QED) is 0.753. The first kappa shape index (κ1) is 16.3. The summed E-state index contributed by atoms with van der Waals surface area (Å²) < 4.78 is 33.0. The van der Waals surface area contributed by atoms with Crippen molar-refractivity contribution in [1.82, 2.24) is 10.0 Å². The molecule has 21 heavy (non-hydrogen) atoms. The lowest BCUT2D eigenvalue weighted by Crippen LogP contribution is -2.36. The number of nitrogens with one attached hydrogen (secondary N) is 2. The SMILES string of the molecule is CNCCOc1ccc(S(=O)(=O)NC2CCCC2C)cc1. The van der Waals surface area contributed by atoms with Crippen molar-refractivity contribution in [2.75, 3.05) is 20.2 Å². The van der Waals surface area contributed by atoms with E-state index in [0.29, 0.717) is 23.2 Å². The number of rotatable bonds is 7. The van der Waals surface area contributed by atoms with Crippen LogP contribution in [-0.2, 0) is 10.0 Å². The molecule has 0 heterocycles. The van der Waals surface area contributed by atoms with Gasteiger partial charge >= 0.3 is 0 Å². The average Bonchev–Trinajstić information content (AvgIpc) is 2.84. The van der Waals surface area contributed by atoms with E-state index in [1.54, 1.807) is 24.3 Å². The predicted molar refractivity (Wildman–Crippen MR) is 83.0 cm³/mol. The molecule has 1 aromatic carbocycles. The van der Waals surface area contributed by atoms with E-state index in [1.165, 1.54) is 0 Å². The Morgan fingerprint density at radius 1 is 1.24 bits per heavy atom. The summed E-state index contributed by atoms with van der Waals surface area (Å²) in [7, 11) is -1.58. The summed E-state index contributed by atoms with van der Waals surface area (Å²) in [5.41, 5.74) is 0. The van der Waals surface area contributed by atoms with Crippen LogP contribution in [-0.4, -0.2) is 34.7 Å². The maximum absolute atomic E-state index is 12.3. The highest BCUT2D eigenvalue weighted by atomic mass is 32.2. The fourth-order valence-corrected chi connectivity index (χ4v) is 3.95. The maximum atomic E-state index is 12.3. The molecule has 2 unspecified atom stereocenters. The molecular weight excluding hydrogens is 288 g/mol. The third-order valence-corrected chi connectivity index (χ3v) is 5.43. The van der Waals surface area contributed by atoms with Crippen LogP contribution in [0.1, 0.15) is 26.2 Å². The number of sulfonamides is 1. The van der Waals surface area contributed by atoms with Gasteiger partial charge < -0.3 is 10.1 Å². The van der Waals surface area contributed by atoms with E-state index in [1.807, 2.05) is 7.05 Å². The number of ether oxygens (including phenoxy) is 1. The Labute approximate surface area is 127 Å². The zero-order chi connectivity index (χ0) is 15.3. The Bertz CT molecular complexity index is 543. The predicted octanol–water partition coefficient (Wildman–Crippen LogP) is 1.75. The molecule has 0 amide bonds. The van der Waals surface area contributed by atoms with E-state index in [9.17, 15) is 8.42 Å². The Morgan fingerprint density at radius 3 is 2.52 bits per heavy atom. The van der Waals surface area contributed by atoms with Gasteiger partial charge in [0, 0.05) is 12.6 Å². The second kappa shape index (κ2) is 7.24. The molecule has 0 saturated heterocycles. The van der Waals surface area contributed by atoms with Crippen molar-refractivity contribution in [3.8, 4) is 5.75 Å².